The SMILES string of the molecule is COc1ccc(CN(CC2CCCO2)CC2CNNC2c2ccc(O)cc2)cc1. The number of rotatable bonds is 8. The second-order valence-corrected chi connectivity index (χ2v) is 8.03. The van der Waals surface area contributed by atoms with Gasteiger partial charge in [0, 0.05) is 38.7 Å². The lowest BCUT2D eigenvalue weighted by atomic mass is 9.94. The smallest absolute Gasteiger partial charge is 0.118 e. The lowest BCUT2D eigenvalue weighted by Gasteiger charge is -2.30. The predicted molar refractivity (Wildman–Crippen MR) is 113 cm³/mol. The third kappa shape index (κ3) is 5.28. The van der Waals surface area contributed by atoms with Crippen LogP contribution in [-0.2, 0) is 11.3 Å². The van der Waals surface area contributed by atoms with E-state index in [1.807, 2.05) is 24.3 Å². The highest BCUT2D eigenvalue weighted by Gasteiger charge is 2.31. The van der Waals surface area contributed by atoms with Gasteiger partial charge in [-0.25, -0.2) is 5.43 Å². The Morgan fingerprint density at radius 1 is 1.10 bits per heavy atom. The van der Waals surface area contributed by atoms with E-state index >= 15 is 0 Å². The summed E-state index contributed by atoms with van der Waals surface area (Å²) >= 11 is 0. The summed E-state index contributed by atoms with van der Waals surface area (Å²) in [6.07, 6.45) is 2.62. The highest BCUT2D eigenvalue weighted by Crippen LogP contribution is 2.28. The number of hydrogen-bond acceptors (Lipinski definition) is 6. The molecule has 29 heavy (non-hydrogen) atoms. The van der Waals surface area contributed by atoms with E-state index < -0.39 is 0 Å². The van der Waals surface area contributed by atoms with Crippen molar-refractivity contribution >= 4 is 0 Å². The summed E-state index contributed by atoms with van der Waals surface area (Å²) < 4.78 is 11.2. The Morgan fingerprint density at radius 3 is 2.59 bits per heavy atom. The number of benzene rings is 2. The molecule has 6 nitrogen and oxygen atoms in total. The molecule has 2 saturated heterocycles. The van der Waals surface area contributed by atoms with E-state index in [2.05, 4.69) is 27.9 Å². The van der Waals surface area contributed by atoms with Crippen LogP contribution in [0.25, 0.3) is 0 Å². The molecular formula is C23H31N3O3. The quantitative estimate of drug-likeness (QED) is 0.637. The maximum atomic E-state index is 9.60. The third-order valence-electron chi connectivity index (χ3n) is 5.89. The van der Waals surface area contributed by atoms with Gasteiger partial charge >= 0.3 is 0 Å². The number of aromatic hydroxyl groups is 1. The fourth-order valence-electron chi connectivity index (χ4n) is 4.34. The number of methoxy groups -OCH3 is 1. The van der Waals surface area contributed by atoms with E-state index in [-0.39, 0.29) is 6.04 Å². The second kappa shape index (κ2) is 9.59. The summed E-state index contributed by atoms with van der Waals surface area (Å²) in [5, 5.41) is 9.60. The van der Waals surface area contributed by atoms with Gasteiger partial charge in [-0.2, -0.15) is 0 Å². The van der Waals surface area contributed by atoms with Crippen molar-refractivity contribution in [1.29, 1.82) is 0 Å². The molecule has 2 heterocycles. The Balaban J connectivity index is 1.46. The number of ether oxygens (including phenoxy) is 2. The van der Waals surface area contributed by atoms with E-state index in [0.29, 0.717) is 17.8 Å². The first kappa shape index (κ1) is 20.2. The van der Waals surface area contributed by atoms with Gasteiger partial charge in [0.05, 0.1) is 19.3 Å². The number of phenolic OH excluding ortho intramolecular Hbond substituents is 1. The van der Waals surface area contributed by atoms with Crippen molar-refractivity contribution in [3.8, 4) is 11.5 Å². The highest BCUT2D eigenvalue weighted by molar-refractivity contribution is 5.29. The molecule has 2 aromatic rings. The zero-order chi connectivity index (χ0) is 20.1. The largest absolute Gasteiger partial charge is 0.508 e. The molecule has 2 fully saturated rings. The van der Waals surface area contributed by atoms with Crippen molar-refractivity contribution in [3.05, 3.63) is 59.7 Å². The van der Waals surface area contributed by atoms with Crippen LogP contribution < -0.4 is 15.6 Å². The van der Waals surface area contributed by atoms with Crippen LogP contribution in [0.5, 0.6) is 11.5 Å². The molecule has 3 atom stereocenters. The molecule has 0 amide bonds. The summed E-state index contributed by atoms with van der Waals surface area (Å²) in [4.78, 5) is 2.52. The Hall–Kier alpha value is -2.12. The van der Waals surface area contributed by atoms with Gasteiger partial charge in [-0.15, -0.1) is 0 Å². The standard InChI is InChI=1S/C23H31N3O3/c1-28-21-10-4-17(5-11-21)14-26(16-22-3-2-12-29-22)15-19-13-24-25-23(19)18-6-8-20(27)9-7-18/h4-11,19,22-25,27H,2-3,12-16H2,1H3. The number of phenols is 1. The molecule has 2 aromatic carbocycles. The van der Waals surface area contributed by atoms with Crippen molar-refractivity contribution in [2.75, 3.05) is 33.4 Å². The summed E-state index contributed by atoms with van der Waals surface area (Å²) in [6, 6.07) is 16.1. The van der Waals surface area contributed by atoms with Gasteiger partial charge in [-0.05, 0) is 48.2 Å². The van der Waals surface area contributed by atoms with Gasteiger partial charge in [0.1, 0.15) is 11.5 Å². The minimum Gasteiger partial charge on any atom is -0.508 e. The minimum atomic E-state index is 0.221. The average molecular weight is 398 g/mol. The highest BCUT2D eigenvalue weighted by atomic mass is 16.5. The number of nitrogens with one attached hydrogen (secondary N) is 2. The van der Waals surface area contributed by atoms with Crippen molar-refractivity contribution in [1.82, 2.24) is 15.8 Å². The topological polar surface area (TPSA) is 66.0 Å². The molecule has 2 aliphatic heterocycles. The Labute approximate surface area is 172 Å². The number of hydrazine groups is 1. The lowest BCUT2D eigenvalue weighted by Crippen LogP contribution is -2.37. The van der Waals surface area contributed by atoms with Crippen LogP contribution in [0.4, 0.5) is 0 Å². The summed E-state index contributed by atoms with van der Waals surface area (Å²) in [5.74, 6) is 1.62. The van der Waals surface area contributed by atoms with Gasteiger partial charge in [0.15, 0.2) is 0 Å². The molecular weight excluding hydrogens is 366 g/mol. The van der Waals surface area contributed by atoms with E-state index in [0.717, 1.165) is 51.4 Å². The monoisotopic (exact) mass is 397 g/mol. The predicted octanol–water partition coefficient (Wildman–Crippen LogP) is 2.85. The molecule has 0 saturated carbocycles. The molecule has 2 aliphatic rings. The fraction of sp³-hybridized carbons (Fsp3) is 0.478. The van der Waals surface area contributed by atoms with Crippen molar-refractivity contribution in [2.24, 2.45) is 5.92 Å². The Bertz CT molecular complexity index is 760. The molecule has 0 aromatic heterocycles. The Morgan fingerprint density at radius 2 is 1.90 bits per heavy atom. The fourth-order valence-corrected chi connectivity index (χ4v) is 4.34. The zero-order valence-electron chi connectivity index (χ0n) is 17.0. The minimum absolute atomic E-state index is 0.221. The number of nitrogens with zero attached hydrogens (tertiary/aromatic N) is 1. The molecule has 3 N–H and O–H groups in total. The first-order valence-electron chi connectivity index (χ1n) is 10.5. The second-order valence-electron chi connectivity index (χ2n) is 8.03. The van der Waals surface area contributed by atoms with Gasteiger partial charge in [0.2, 0.25) is 0 Å². The van der Waals surface area contributed by atoms with Gasteiger partial charge in [-0.1, -0.05) is 24.3 Å². The van der Waals surface area contributed by atoms with Crippen molar-refractivity contribution in [3.63, 3.8) is 0 Å². The molecule has 0 spiro atoms. The zero-order valence-corrected chi connectivity index (χ0v) is 17.0. The van der Waals surface area contributed by atoms with E-state index in [1.54, 1.807) is 19.2 Å². The summed E-state index contributed by atoms with van der Waals surface area (Å²) in [7, 11) is 1.70. The van der Waals surface area contributed by atoms with Crippen molar-refractivity contribution in [2.45, 2.75) is 31.5 Å². The number of hydrogen-bond donors (Lipinski definition) is 3. The van der Waals surface area contributed by atoms with E-state index in [9.17, 15) is 5.11 Å². The molecule has 4 rings (SSSR count). The first-order valence-corrected chi connectivity index (χ1v) is 10.5. The van der Waals surface area contributed by atoms with Crippen LogP contribution in [0, 0.1) is 5.92 Å². The van der Waals surface area contributed by atoms with Crippen LogP contribution in [0.2, 0.25) is 0 Å². The Kier molecular flexibility index (Phi) is 6.67. The maximum absolute atomic E-state index is 9.60. The van der Waals surface area contributed by atoms with Gasteiger partial charge in [0.25, 0.3) is 0 Å². The van der Waals surface area contributed by atoms with Crippen LogP contribution in [-0.4, -0.2) is 49.5 Å². The molecule has 156 valence electrons. The third-order valence-corrected chi connectivity index (χ3v) is 5.89. The van der Waals surface area contributed by atoms with Crippen LogP contribution >= 0.6 is 0 Å². The normalized spacial score (nSPS) is 24.3. The molecule has 3 unspecified atom stereocenters. The molecule has 0 aliphatic carbocycles. The lowest BCUT2D eigenvalue weighted by molar-refractivity contribution is 0.0643. The van der Waals surface area contributed by atoms with Crippen LogP contribution in [0.3, 0.4) is 0 Å². The molecule has 0 radical (unpaired) electrons. The van der Waals surface area contributed by atoms with Gasteiger partial charge in [-0.3, -0.25) is 10.3 Å². The molecule has 6 heteroatoms. The van der Waals surface area contributed by atoms with E-state index in [1.165, 1.54) is 11.1 Å². The van der Waals surface area contributed by atoms with E-state index in [4.69, 9.17) is 9.47 Å². The summed E-state index contributed by atoms with van der Waals surface area (Å²) in [6.45, 7) is 4.60. The van der Waals surface area contributed by atoms with Crippen LogP contribution in [0.1, 0.15) is 30.0 Å². The average Bonchev–Trinajstić information content (AvgIpc) is 3.41. The van der Waals surface area contributed by atoms with Crippen LogP contribution in [0.15, 0.2) is 48.5 Å². The van der Waals surface area contributed by atoms with Gasteiger partial charge < -0.3 is 14.6 Å². The molecule has 0 bridgehead atoms. The summed E-state index contributed by atoms with van der Waals surface area (Å²) in [5.41, 5.74) is 9.22. The maximum Gasteiger partial charge on any atom is 0.118 e. The first-order chi connectivity index (χ1) is 14.2. The van der Waals surface area contributed by atoms with Crippen molar-refractivity contribution < 1.29 is 14.6 Å².